The smallest absolute Gasteiger partial charge is 0.0222 e. The Labute approximate surface area is 117 Å². The van der Waals surface area contributed by atoms with Gasteiger partial charge < -0.3 is 5.32 Å². The molecule has 1 fully saturated rings. The average Bonchev–Trinajstić information content (AvgIpc) is 2.33. The third-order valence-corrected chi connectivity index (χ3v) is 5.08. The Balaban J connectivity index is 1.77. The van der Waals surface area contributed by atoms with Crippen LogP contribution in [-0.4, -0.2) is 18.1 Å². The van der Waals surface area contributed by atoms with Crippen molar-refractivity contribution < 1.29 is 0 Å². The van der Waals surface area contributed by atoms with E-state index in [1.807, 2.05) is 0 Å². The van der Waals surface area contributed by atoms with Gasteiger partial charge in [0.05, 0.1) is 0 Å². The first-order valence-corrected chi connectivity index (χ1v) is 8.24. The Kier molecular flexibility index (Phi) is 5.39. The SMILES string of the molecule is Cc1ccc(CNCC2CCSCC2)c(Br)c1. The molecule has 2 rings (SSSR count). The fourth-order valence-corrected chi connectivity index (χ4v) is 3.99. The molecule has 0 radical (unpaired) electrons. The summed E-state index contributed by atoms with van der Waals surface area (Å²) >= 11 is 5.73. The number of halogens is 1. The fourth-order valence-electron chi connectivity index (χ4n) is 2.16. The van der Waals surface area contributed by atoms with Crippen molar-refractivity contribution in [3.63, 3.8) is 0 Å². The van der Waals surface area contributed by atoms with E-state index in [2.05, 4.69) is 58.1 Å². The van der Waals surface area contributed by atoms with Crippen LogP contribution in [0, 0.1) is 12.8 Å². The minimum absolute atomic E-state index is 0.889. The van der Waals surface area contributed by atoms with Crippen molar-refractivity contribution >= 4 is 27.7 Å². The van der Waals surface area contributed by atoms with Gasteiger partial charge in [-0.05, 0) is 60.9 Å². The molecule has 1 N–H and O–H groups in total. The van der Waals surface area contributed by atoms with Gasteiger partial charge in [0.25, 0.3) is 0 Å². The highest BCUT2D eigenvalue weighted by Gasteiger charge is 2.12. The normalized spacial score (nSPS) is 17.3. The maximum atomic E-state index is 3.63. The van der Waals surface area contributed by atoms with Crippen LogP contribution in [-0.2, 0) is 6.54 Å². The predicted octanol–water partition coefficient (Wildman–Crippen LogP) is 3.99. The Morgan fingerprint density at radius 1 is 1.35 bits per heavy atom. The molecule has 1 aromatic carbocycles. The highest BCUT2D eigenvalue weighted by atomic mass is 79.9. The Hall–Kier alpha value is 0.01000. The summed E-state index contributed by atoms with van der Waals surface area (Å²) in [5.41, 5.74) is 2.67. The topological polar surface area (TPSA) is 12.0 Å². The highest BCUT2D eigenvalue weighted by molar-refractivity contribution is 9.10. The van der Waals surface area contributed by atoms with Gasteiger partial charge in [-0.3, -0.25) is 0 Å². The number of nitrogens with one attached hydrogen (secondary N) is 1. The van der Waals surface area contributed by atoms with Gasteiger partial charge in [0.1, 0.15) is 0 Å². The number of benzene rings is 1. The van der Waals surface area contributed by atoms with Gasteiger partial charge in [-0.15, -0.1) is 0 Å². The molecule has 0 unspecified atom stereocenters. The molecule has 1 aliphatic heterocycles. The molecule has 0 aromatic heterocycles. The summed E-state index contributed by atoms with van der Waals surface area (Å²) in [6.07, 6.45) is 2.76. The Morgan fingerprint density at radius 2 is 2.12 bits per heavy atom. The van der Waals surface area contributed by atoms with Gasteiger partial charge in [-0.1, -0.05) is 28.1 Å². The lowest BCUT2D eigenvalue weighted by Crippen LogP contribution is -2.25. The minimum Gasteiger partial charge on any atom is -0.312 e. The van der Waals surface area contributed by atoms with E-state index < -0.39 is 0 Å². The van der Waals surface area contributed by atoms with Gasteiger partial charge in [0, 0.05) is 11.0 Å². The van der Waals surface area contributed by atoms with E-state index >= 15 is 0 Å². The maximum Gasteiger partial charge on any atom is 0.0222 e. The quantitative estimate of drug-likeness (QED) is 0.902. The van der Waals surface area contributed by atoms with E-state index in [-0.39, 0.29) is 0 Å². The third-order valence-electron chi connectivity index (χ3n) is 3.30. The molecule has 17 heavy (non-hydrogen) atoms. The molecule has 0 bridgehead atoms. The lowest BCUT2D eigenvalue weighted by molar-refractivity contribution is 0.447. The van der Waals surface area contributed by atoms with Crippen LogP contribution in [0.15, 0.2) is 22.7 Å². The molecule has 1 aromatic rings. The van der Waals surface area contributed by atoms with Crippen molar-refractivity contribution in [3.8, 4) is 0 Å². The number of hydrogen-bond donors (Lipinski definition) is 1. The number of aryl methyl sites for hydroxylation is 1. The summed E-state index contributed by atoms with van der Waals surface area (Å²) in [6, 6.07) is 6.58. The van der Waals surface area contributed by atoms with Gasteiger partial charge >= 0.3 is 0 Å². The van der Waals surface area contributed by atoms with Crippen LogP contribution in [0.4, 0.5) is 0 Å². The van der Waals surface area contributed by atoms with Gasteiger partial charge in [-0.25, -0.2) is 0 Å². The molecule has 0 spiro atoms. The zero-order chi connectivity index (χ0) is 12.1. The van der Waals surface area contributed by atoms with Crippen LogP contribution >= 0.6 is 27.7 Å². The number of thioether (sulfide) groups is 1. The van der Waals surface area contributed by atoms with Crippen molar-refractivity contribution in [2.45, 2.75) is 26.3 Å². The summed E-state index contributed by atoms with van der Waals surface area (Å²) in [5.74, 6) is 3.58. The molecule has 1 aliphatic rings. The minimum atomic E-state index is 0.889. The molecule has 0 amide bonds. The zero-order valence-corrected chi connectivity index (χ0v) is 12.7. The van der Waals surface area contributed by atoms with Crippen LogP contribution in [0.5, 0.6) is 0 Å². The molecule has 1 heterocycles. The van der Waals surface area contributed by atoms with E-state index in [1.165, 1.54) is 46.5 Å². The molecule has 94 valence electrons. The first-order chi connectivity index (χ1) is 8.25. The molecule has 3 heteroatoms. The molecule has 0 aliphatic carbocycles. The average molecular weight is 314 g/mol. The molecular weight excluding hydrogens is 294 g/mol. The van der Waals surface area contributed by atoms with Crippen molar-refractivity contribution in [1.82, 2.24) is 5.32 Å². The standard InChI is InChI=1S/C14H20BrNS/c1-11-2-3-13(14(15)8-11)10-16-9-12-4-6-17-7-5-12/h2-3,8,12,16H,4-7,9-10H2,1H3. The van der Waals surface area contributed by atoms with E-state index in [9.17, 15) is 0 Å². The second-order valence-electron chi connectivity index (χ2n) is 4.78. The fraction of sp³-hybridized carbons (Fsp3) is 0.571. The van der Waals surface area contributed by atoms with E-state index in [0.717, 1.165) is 12.5 Å². The summed E-state index contributed by atoms with van der Waals surface area (Å²) < 4.78 is 1.23. The summed E-state index contributed by atoms with van der Waals surface area (Å²) in [7, 11) is 0. The van der Waals surface area contributed by atoms with Crippen LogP contribution in [0.1, 0.15) is 24.0 Å². The molecular formula is C14H20BrNS. The monoisotopic (exact) mass is 313 g/mol. The van der Waals surface area contributed by atoms with E-state index in [1.54, 1.807) is 0 Å². The number of hydrogen-bond acceptors (Lipinski definition) is 2. The van der Waals surface area contributed by atoms with Crippen molar-refractivity contribution in [1.29, 1.82) is 0 Å². The summed E-state index contributed by atoms with van der Waals surface area (Å²) in [4.78, 5) is 0. The van der Waals surface area contributed by atoms with Crippen molar-refractivity contribution in [2.24, 2.45) is 5.92 Å². The molecule has 1 nitrogen and oxygen atoms in total. The van der Waals surface area contributed by atoms with E-state index in [4.69, 9.17) is 0 Å². The second-order valence-corrected chi connectivity index (χ2v) is 6.86. The van der Waals surface area contributed by atoms with Crippen molar-refractivity contribution in [3.05, 3.63) is 33.8 Å². The first kappa shape index (κ1) is 13.4. The van der Waals surface area contributed by atoms with Gasteiger partial charge in [0.15, 0.2) is 0 Å². The Bertz CT molecular complexity index is 361. The van der Waals surface area contributed by atoms with Crippen molar-refractivity contribution in [2.75, 3.05) is 18.1 Å². The van der Waals surface area contributed by atoms with Crippen LogP contribution < -0.4 is 5.32 Å². The lowest BCUT2D eigenvalue weighted by atomic mass is 10.0. The lowest BCUT2D eigenvalue weighted by Gasteiger charge is -2.21. The second kappa shape index (κ2) is 6.81. The molecule has 0 atom stereocenters. The maximum absolute atomic E-state index is 3.63. The van der Waals surface area contributed by atoms with E-state index in [0.29, 0.717) is 0 Å². The molecule has 1 saturated heterocycles. The zero-order valence-electron chi connectivity index (χ0n) is 10.3. The largest absolute Gasteiger partial charge is 0.312 e. The predicted molar refractivity (Wildman–Crippen MR) is 80.6 cm³/mol. The van der Waals surface area contributed by atoms with Gasteiger partial charge in [-0.2, -0.15) is 11.8 Å². The number of rotatable bonds is 4. The van der Waals surface area contributed by atoms with Crippen LogP contribution in [0.2, 0.25) is 0 Å². The molecule has 0 saturated carbocycles. The van der Waals surface area contributed by atoms with Gasteiger partial charge in [0.2, 0.25) is 0 Å². The summed E-state index contributed by atoms with van der Waals surface area (Å²) in [5, 5.41) is 3.59. The summed E-state index contributed by atoms with van der Waals surface area (Å²) in [6.45, 7) is 4.27. The Morgan fingerprint density at radius 3 is 2.82 bits per heavy atom. The van der Waals surface area contributed by atoms with Crippen LogP contribution in [0.3, 0.4) is 0 Å². The highest BCUT2D eigenvalue weighted by Crippen LogP contribution is 2.22. The van der Waals surface area contributed by atoms with Crippen LogP contribution in [0.25, 0.3) is 0 Å². The first-order valence-electron chi connectivity index (χ1n) is 6.29. The third kappa shape index (κ3) is 4.31.